The molecule has 0 aromatic heterocycles. The van der Waals surface area contributed by atoms with Crippen molar-refractivity contribution in [3.8, 4) is 0 Å². The van der Waals surface area contributed by atoms with E-state index >= 15 is 0 Å². The summed E-state index contributed by atoms with van der Waals surface area (Å²) in [6.07, 6.45) is 7.02. The second kappa shape index (κ2) is 6.55. The topological polar surface area (TPSA) is 54.4 Å². The van der Waals surface area contributed by atoms with Crippen molar-refractivity contribution in [3.63, 3.8) is 0 Å². The molecule has 20 heavy (non-hydrogen) atoms. The number of aryl methyl sites for hydroxylation is 1. The van der Waals surface area contributed by atoms with Gasteiger partial charge in [-0.05, 0) is 49.1 Å². The maximum atomic E-state index is 10.9. The molecule has 0 saturated heterocycles. The predicted molar refractivity (Wildman–Crippen MR) is 81.3 cm³/mol. The molecule has 3 nitrogen and oxygen atoms in total. The first-order valence-corrected chi connectivity index (χ1v) is 8.65. The highest BCUT2D eigenvalue weighted by molar-refractivity contribution is 7.89. The van der Waals surface area contributed by atoms with Gasteiger partial charge in [-0.25, -0.2) is 0 Å². The quantitative estimate of drug-likeness (QED) is 0.805. The van der Waals surface area contributed by atoms with Crippen LogP contribution in [0.3, 0.4) is 0 Å². The minimum Gasteiger partial charge on any atom is -0.282 e. The van der Waals surface area contributed by atoms with Gasteiger partial charge in [-0.2, -0.15) is 8.42 Å². The molecule has 1 N–H and O–H groups in total. The molecule has 110 valence electrons. The van der Waals surface area contributed by atoms with Crippen molar-refractivity contribution in [2.45, 2.75) is 50.9 Å². The first-order chi connectivity index (χ1) is 9.47. The third-order valence-corrected chi connectivity index (χ3v) is 5.00. The molecule has 1 aliphatic rings. The van der Waals surface area contributed by atoms with Gasteiger partial charge < -0.3 is 0 Å². The van der Waals surface area contributed by atoms with Crippen molar-refractivity contribution in [2.24, 2.45) is 0 Å². The highest BCUT2D eigenvalue weighted by Gasteiger charge is 2.17. The molecule has 0 unspecified atom stereocenters. The van der Waals surface area contributed by atoms with E-state index in [-0.39, 0.29) is 4.91 Å². The highest BCUT2D eigenvalue weighted by Crippen LogP contribution is 2.34. The molecule has 1 aromatic rings. The van der Waals surface area contributed by atoms with Crippen LogP contribution in [-0.2, 0) is 16.5 Å². The second-order valence-electron chi connectivity index (χ2n) is 5.59. The maximum Gasteiger partial charge on any atom is 0.290 e. The van der Waals surface area contributed by atoms with Crippen LogP contribution in [0.4, 0.5) is 0 Å². The lowest BCUT2D eigenvalue weighted by Crippen LogP contribution is -2.01. The van der Waals surface area contributed by atoms with E-state index in [1.807, 2.05) is 0 Å². The minimum absolute atomic E-state index is 0.0931. The van der Waals surface area contributed by atoms with Gasteiger partial charge in [0.2, 0.25) is 0 Å². The normalized spacial score (nSPS) is 16.4. The Morgan fingerprint density at radius 1 is 1.30 bits per heavy atom. The highest BCUT2D eigenvalue weighted by atomic mass is 32.2. The van der Waals surface area contributed by atoms with Crippen molar-refractivity contribution in [3.05, 3.63) is 46.9 Å². The largest absolute Gasteiger partial charge is 0.290 e. The van der Waals surface area contributed by atoms with Gasteiger partial charge in [-0.3, -0.25) is 4.55 Å². The Morgan fingerprint density at radius 3 is 2.65 bits per heavy atom. The Morgan fingerprint density at radius 2 is 2.00 bits per heavy atom. The summed E-state index contributed by atoms with van der Waals surface area (Å²) in [6.45, 7) is 3.40. The Kier molecular flexibility index (Phi) is 5.00. The van der Waals surface area contributed by atoms with Crippen molar-refractivity contribution in [1.82, 2.24) is 0 Å². The molecule has 0 amide bonds. The molecule has 1 fully saturated rings. The Labute approximate surface area is 121 Å². The van der Waals surface area contributed by atoms with Crippen LogP contribution in [0.5, 0.6) is 0 Å². The van der Waals surface area contributed by atoms with Gasteiger partial charge in [-0.15, -0.1) is 0 Å². The number of benzene rings is 1. The van der Waals surface area contributed by atoms with Crippen LogP contribution in [0.2, 0.25) is 0 Å². The molecule has 1 aromatic carbocycles. The fourth-order valence-corrected chi connectivity index (χ4v) is 3.28. The van der Waals surface area contributed by atoms with E-state index in [1.165, 1.54) is 36.8 Å². The van der Waals surface area contributed by atoms with E-state index in [2.05, 4.69) is 30.8 Å². The van der Waals surface area contributed by atoms with Gasteiger partial charge in [0.05, 0.1) is 4.91 Å². The molecular weight excluding hydrogens is 272 g/mol. The standard InChI is InChI=1S/C16H22O3S/c1-13(20(17,18)19)6-4-7-14-8-5-11-16(12-14)15-9-2-3-10-15/h5,8,11-12,15H,1-4,6-7,9-10H2,(H,17,18,19). The second-order valence-corrected chi connectivity index (χ2v) is 7.12. The fourth-order valence-electron chi connectivity index (χ4n) is 2.88. The number of hydrogen-bond acceptors (Lipinski definition) is 2. The summed E-state index contributed by atoms with van der Waals surface area (Å²) in [5.41, 5.74) is 2.64. The molecule has 2 rings (SSSR count). The molecule has 0 radical (unpaired) electrons. The van der Waals surface area contributed by atoms with Gasteiger partial charge in [0.25, 0.3) is 10.1 Å². The van der Waals surface area contributed by atoms with E-state index in [4.69, 9.17) is 4.55 Å². The van der Waals surface area contributed by atoms with E-state index in [9.17, 15) is 8.42 Å². The Balaban J connectivity index is 1.90. The summed E-state index contributed by atoms with van der Waals surface area (Å²) >= 11 is 0. The zero-order valence-corrected chi connectivity index (χ0v) is 12.5. The smallest absolute Gasteiger partial charge is 0.282 e. The first kappa shape index (κ1) is 15.3. The van der Waals surface area contributed by atoms with Crippen molar-refractivity contribution in [1.29, 1.82) is 0 Å². The predicted octanol–water partition coefficient (Wildman–Crippen LogP) is 4.07. The summed E-state index contributed by atoms with van der Waals surface area (Å²) in [4.78, 5) is -0.0931. The SMILES string of the molecule is C=C(CCCc1cccc(C2CCCC2)c1)S(=O)(=O)O. The average molecular weight is 294 g/mol. The van der Waals surface area contributed by atoms with Crippen LogP contribution in [0, 0.1) is 0 Å². The molecular formula is C16H22O3S. The summed E-state index contributed by atoms with van der Waals surface area (Å²) in [5.74, 6) is 0.697. The lowest BCUT2D eigenvalue weighted by atomic mass is 9.95. The third-order valence-electron chi connectivity index (χ3n) is 4.06. The Bertz CT molecular complexity index is 569. The van der Waals surface area contributed by atoms with E-state index in [0.29, 0.717) is 18.8 Å². The number of allylic oxidation sites excluding steroid dienone is 1. The van der Waals surface area contributed by atoms with Crippen LogP contribution >= 0.6 is 0 Å². The molecule has 0 heterocycles. The monoisotopic (exact) mass is 294 g/mol. The zero-order valence-electron chi connectivity index (χ0n) is 11.7. The molecule has 1 aliphatic carbocycles. The molecule has 4 heteroatoms. The summed E-state index contributed by atoms with van der Waals surface area (Å²) in [7, 11) is -4.07. The van der Waals surface area contributed by atoms with E-state index in [0.717, 1.165) is 6.42 Å². The average Bonchev–Trinajstić information content (AvgIpc) is 2.92. The van der Waals surface area contributed by atoms with Crippen LogP contribution in [0.15, 0.2) is 35.7 Å². The number of hydrogen-bond donors (Lipinski definition) is 1. The number of rotatable bonds is 6. The van der Waals surface area contributed by atoms with Crippen LogP contribution in [0.25, 0.3) is 0 Å². The van der Waals surface area contributed by atoms with E-state index < -0.39 is 10.1 Å². The van der Waals surface area contributed by atoms with Crippen molar-refractivity contribution < 1.29 is 13.0 Å². The lowest BCUT2D eigenvalue weighted by molar-refractivity contribution is 0.488. The first-order valence-electron chi connectivity index (χ1n) is 7.21. The van der Waals surface area contributed by atoms with Crippen molar-refractivity contribution >= 4 is 10.1 Å². The van der Waals surface area contributed by atoms with Crippen LogP contribution in [0.1, 0.15) is 55.6 Å². The fraction of sp³-hybridized carbons (Fsp3) is 0.500. The maximum absolute atomic E-state index is 10.9. The summed E-state index contributed by atoms with van der Waals surface area (Å²) in [5, 5.41) is 0. The van der Waals surface area contributed by atoms with Gasteiger partial charge in [0.1, 0.15) is 0 Å². The van der Waals surface area contributed by atoms with Gasteiger partial charge >= 0.3 is 0 Å². The Hall–Kier alpha value is -1.13. The summed E-state index contributed by atoms with van der Waals surface area (Å²) < 4.78 is 30.6. The van der Waals surface area contributed by atoms with Crippen LogP contribution in [-0.4, -0.2) is 13.0 Å². The summed E-state index contributed by atoms with van der Waals surface area (Å²) in [6, 6.07) is 8.60. The van der Waals surface area contributed by atoms with Crippen LogP contribution < -0.4 is 0 Å². The molecule has 0 spiro atoms. The minimum atomic E-state index is -4.07. The molecule has 1 saturated carbocycles. The lowest BCUT2D eigenvalue weighted by Gasteiger charge is -2.11. The molecule has 0 aliphatic heterocycles. The van der Waals surface area contributed by atoms with Crippen molar-refractivity contribution in [2.75, 3.05) is 0 Å². The third kappa shape index (κ3) is 4.18. The molecule has 0 bridgehead atoms. The zero-order chi connectivity index (χ0) is 14.6. The van der Waals surface area contributed by atoms with E-state index in [1.54, 1.807) is 0 Å². The van der Waals surface area contributed by atoms with Gasteiger partial charge in [0, 0.05) is 0 Å². The van der Waals surface area contributed by atoms with Gasteiger partial charge in [-0.1, -0.05) is 43.7 Å². The van der Waals surface area contributed by atoms with Gasteiger partial charge in [0.15, 0.2) is 0 Å². The molecule has 0 atom stereocenters.